The third-order valence-electron chi connectivity index (χ3n) is 5.30. The number of carbonyl (C=O) groups is 2. The first-order chi connectivity index (χ1) is 15.3. The number of aromatic hydroxyl groups is 4. The molecule has 0 saturated carbocycles. The molecule has 0 amide bonds. The minimum atomic E-state index is -0.407. The van der Waals surface area contributed by atoms with E-state index in [4.69, 9.17) is 4.74 Å². The van der Waals surface area contributed by atoms with Gasteiger partial charge in [0.05, 0.1) is 0 Å². The second kappa shape index (κ2) is 12.6. The fourth-order valence-electron chi connectivity index (χ4n) is 3.71. The second-order valence-electron chi connectivity index (χ2n) is 7.96. The zero-order chi connectivity index (χ0) is 23.5. The summed E-state index contributed by atoms with van der Waals surface area (Å²) >= 11 is 0. The molecule has 0 aromatic heterocycles. The number of benzene rings is 2. The molecule has 32 heavy (non-hydrogen) atoms. The lowest BCUT2D eigenvalue weighted by Gasteiger charge is -2.10. The van der Waals surface area contributed by atoms with Crippen LogP contribution in [0.5, 0.6) is 28.7 Å². The molecule has 0 radical (unpaired) electrons. The molecule has 0 atom stereocenters. The summed E-state index contributed by atoms with van der Waals surface area (Å²) in [4.78, 5) is 23.4. The third-order valence-corrected chi connectivity index (χ3v) is 5.30. The number of unbranched alkanes of at least 4 members (excludes halogenated alkanes) is 7. The van der Waals surface area contributed by atoms with E-state index in [9.17, 15) is 30.0 Å². The topological polar surface area (TPSA) is 124 Å². The van der Waals surface area contributed by atoms with Crippen LogP contribution >= 0.6 is 0 Å². The Morgan fingerprint density at radius 2 is 1.34 bits per heavy atom. The van der Waals surface area contributed by atoms with E-state index in [0.717, 1.165) is 57.1 Å². The number of phenolic OH excluding ortho intramolecular Hbond substituents is 4. The molecule has 7 nitrogen and oxygen atoms in total. The predicted octanol–water partition coefficient (Wildman–Crippen LogP) is 5.37. The smallest absolute Gasteiger partial charge is 0.308 e. The molecule has 4 N–H and O–H groups in total. The molecule has 7 heteroatoms. The van der Waals surface area contributed by atoms with E-state index in [-0.39, 0.29) is 29.3 Å². The van der Waals surface area contributed by atoms with Gasteiger partial charge in [0, 0.05) is 31.0 Å². The largest absolute Gasteiger partial charge is 0.508 e. The Morgan fingerprint density at radius 3 is 1.94 bits per heavy atom. The highest BCUT2D eigenvalue weighted by Crippen LogP contribution is 2.33. The lowest BCUT2D eigenvalue weighted by molar-refractivity contribution is -0.131. The Morgan fingerprint density at radius 1 is 0.781 bits per heavy atom. The van der Waals surface area contributed by atoms with Crippen molar-refractivity contribution >= 4 is 11.8 Å². The predicted molar refractivity (Wildman–Crippen MR) is 120 cm³/mol. The monoisotopic (exact) mass is 444 g/mol. The fraction of sp³-hybridized carbons (Fsp3) is 0.440. The molecule has 2 aromatic rings. The van der Waals surface area contributed by atoms with Crippen LogP contribution in [0.3, 0.4) is 0 Å². The highest BCUT2D eigenvalue weighted by atomic mass is 16.5. The molecule has 174 valence electrons. The van der Waals surface area contributed by atoms with Crippen molar-refractivity contribution in [1.82, 2.24) is 0 Å². The average molecular weight is 445 g/mol. The quantitative estimate of drug-likeness (QED) is 0.142. The Labute approximate surface area is 188 Å². The number of ketones is 1. The van der Waals surface area contributed by atoms with Crippen LogP contribution in [0.2, 0.25) is 0 Å². The summed E-state index contributed by atoms with van der Waals surface area (Å²) in [6.07, 6.45) is 8.52. The molecular formula is C25H32O7. The molecule has 0 aliphatic carbocycles. The SMILES string of the molecule is CC(=O)Oc1cccc(O)c1CCCCCCCCCCC(=O)c1c(O)cc(O)cc1O. The van der Waals surface area contributed by atoms with Crippen LogP contribution in [0, 0.1) is 0 Å². The number of Topliss-reactive ketones (excluding diaryl/α,β-unsaturated/α-hetero) is 1. The second-order valence-corrected chi connectivity index (χ2v) is 7.96. The van der Waals surface area contributed by atoms with Crippen molar-refractivity contribution in [3.05, 3.63) is 41.5 Å². The molecular weight excluding hydrogens is 412 g/mol. The third kappa shape index (κ3) is 7.80. The number of hydrogen-bond donors (Lipinski definition) is 4. The van der Waals surface area contributed by atoms with Crippen LogP contribution in [-0.4, -0.2) is 32.2 Å². The first kappa shape index (κ1) is 25.0. The van der Waals surface area contributed by atoms with E-state index < -0.39 is 17.5 Å². The number of phenols is 4. The van der Waals surface area contributed by atoms with Gasteiger partial charge in [-0.25, -0.2) is 0 Å². The van der Waals surface area contributed by atoms with Crippen LogP contribution in [-0.2, 0) is 11.2 Å². The minimum absolute atomic E-state index is 0.135. The van der Waals surface area contributed by atoms with Gasteiger partial charge in [-0.05, 0) is 31.4 Å². The van der Waals surface area contributed by atoms with Gasteiger partial charge < -0.3 is 25.2 Å². The van der Waals surface area contributed by atoms with E-state index in [1.54, 1.807) is 18.2 Å². The number of ether oxygens (including phenoxy) is 1. The Kier molecular flexibility index (Phi) is 9.85. The van der Waals surface area contributed by atoms with Crippen molar-refractivity contribution in [3.63, 3.8) is 0 Å². The van der Waals surface area contributed by atoms with E-state index in [1.807, 2.05) is 0 Å². The van der Waals surface area contributed by atoms with Crippen molar-refractivity contribution in [2.24, 2.45) is 0 Å². The Balaban J connectivity index is 1.58. The molecule has 2 rings (SSSR count). The molecule has 2 aromatic carbocycles. The highest BCUT2D eigenvalue weighted by molar-refractivity contribution is 6.01. The molecule has 0 fully saturated rings. The molecule has 0 unspecified atom stereocenters. The molecule has 0 bridgehead atoms. The van der Waals surface area contributed by atoms with E-state index in [1.165, 1.54) is 6.92 Å². The van der Waals surface area contributed by atoms with Gasteiger partial charge >= 0.3 is 5.97 Å². The summed E-state index contributed by atoms with van der Waals surface area (Å²) in [6.45, 7) is 1.34. The zero-order valence-corrected chi connectivity index (χ0v) is 18.5. The maximum absolute atomic E-state index is 12.2. The summed E-state index contributed by atoms with van der Waals surface area (Å²) in [7, 11) is 0. The summed E-state index contributed by atoms with van der Waals surface area (Å²) in [5.74, 6) is -1.28. The Bertz CT molecular complexity index is 897. The summed E-state index contributed by atoms with van der Waals surface area (Å²) in [6, 6.07) is 7.02. The zero-order valence-electron chi connectivity index (χ0n) is 18.5. The standard InChI is InChI=1S/C25H32O7/c1-17(26)32-24-14-10-13-20(28)19(24)11-8-6-4-2-3-5-7-9-12-21(29)25-22(30)15-18(27)16-23(25)31/h10,13-16,27-28,30-31H,2-9,11-12H2,1H3. The van der Waals surface area contributed by atoms with E-state index in [2.05, 4.69) is 0 Å². The fourth-order valence-corrected chi connectivity index (χ4v) is 3.71. The van der Waals surface area contributed by atoms with Gasteiger partial charge in [0.2, 0.25) is 0 Å². The maximum Gasteiger partial charge on any atom is 0.308 e. The van der Waals surface area contributed by atoms with E-state index in [0.29, 0.717) is 24.2 Å². The number of carbonyl (C=O) groups excluding carboxylic acids is 2. The van der Waals surface area contributed by atoms with Crippen molar-refractivity contribution < 1.29 is 34.8 Å². The number of rotatable bonds is 13. The van der Waals surface area contributed by atoms with Gasteiger partial charge in [-0.15, -0.1) is 0 Å². The number of hydrogen-bond acceptors (Lipinski definition) is 7. The first-order valence-electron chi connectivity index (χ1n) is 11.1. The normalized spacial score (nSPS) is 10.8. The van der Waals surface area contributed by atoms with Crippen molar-refractivity contribution in [3.8, 4) is 28.7 Å². The lowest BCUT2D eigenvalue weighted by atomic mass is 10.0. The van der Waals surface area contributed by atoms with Crippen LogP contribution in [0.25, 0.3) is 0 Å². The van der Waals surface area contributed by atoms with Crippen LogP contribution in [0.15, 0.2) is 30.3 Å². The van der Waals surface area contributed by atoms with Gasteiger partial charge in [0.25, 0.3) is 0 Å². The first-order valence-corrected chi connectivity index (χ1v) is 11.1. The summed E-state index contributed by atoms with van der Waals surface area (Å²) in [5.41, 5.74) is 0.530. The molecule has 0 aliphatic rings. The highest BCUT2D eigenvalue weighted by Gasteiger charge is 2.17. The van der Waals surface area contributed by atoms with E-state index >= 15 is 0 Å². The molecule has 0 heterocycles. The van der Waals surface area contributed by atoms with Crippen molar-refractivity contribution in [2.75, 3.05) is 0 Å². The van der Waals surface area contributed by atoms with Gasteiger partial charge in [0.1, 0.15) is 34.3 Å². The summed E-state index contributed by atoms with van der Waals surface area (Å²) in [5, 5.41) is 38.8. The Hall–Kier alpha value is -3.22. The molecule has 0 spiro atoms. The minimum Gasteiger partial charge on any atom is -0.508 e. The molecule has 0 aliphatic heterocycles. The van der Waals surface area contributed by atoms with Crippen molar-refractivity contribution in [2.45, 2.75) is 71.1 Å². The lowest BCUT2D eigenvalue weighted by Crippen LogP contribution is -2.04. The summed E-state index contributed by atoms with van der Waals surface area (Å²) < 4.78 is 5.16. The van der Waals surface area contributed by atoms with Crippen LogP contribution in [0.1, 0.15) is 80.6 Å². The van der Waals surface area contributed by atoms with Gasteiger partial charge in [-0.2, -0.15) is 0 Å². The van der Waals surface area contributed by atoms with Gasteiger partial charge in [-0.1, -0.05) is 44.6 Å². The van der Waals surface area contributed by atoms with Crippen molar-refractivity contribution in [1.29, 1.82) is 0 Å². The van der Waals surface area contributed by atoms with Gasteiger partial charge in [0.15, 0.2) is 5.78 Å². The van der Waals surface area contributed by atoms with Crippen LogP contribution in [0.4, 0.5) is 0 Å². The average Bonchev–Trinajstić information content (AvgIpc) is 2.70. The number of esters is 1. The van der Waals surface area contributed by atoms with Gasteiger partial charge in [-0.3, -0.25) is 9.59 Å². The molecule has 0 saturated heterocycles. The van der Waals surface area contributed by atoms with Crippen LogP contribution < -0.4 is 4.74 Å². The maximum atomic E-state index is 12.2.